The topological polar surface area (TPSA) is 21.3 Å². The van der Waals surface area contributed by atoms with Gasteiger partial charge in [-0.1, -0.05) is 24.2 Å². The van der Waals surface area contributed by atoms with Crippen LogP contribution in [0, 0.1) is 6.92 Å². The van der Waals surface area contributed by atoms with Crippen LogP contribution in [0.1, 0.15) is 17.5 Å². The average Bonchev–Trinajstić information content (AvgIpc) is 2.26. The van der Waals surface area contributed by atoms with Crippen molar-refractivity contribution < 1.29 is 4.74 Å². The fourth-order valence-corrected chi connectivity index (χ4v) is 1.67. The highest BCUT2D eigenvalue weighted by molar-refractivity contribution is 6.30. The molecule has 0 saturated heterocycles. The maximum atomic E-state index is 5.89. The fourth-order valence-electron chi connectivity index (χ4n) is 1.44. The Morgan fingerprint density at radius 2 is 2.31 bits per heavy atom. The third-order valence-corrected chi connectivity index (χ3v) is 2.59. The lowest BCUT2D eigenvalue weighted by Gasteiger charge is -2.08. The van der Waals surface area contributed by atoms with E-state index < -0.39 is 0 Å². The molecule has 0 aromatic heterocycles. The van der Waals surface area contributed by atoms with Gasteiger partial charge in [-0.15, -0.1) is 0 Å². The summed E-state index contributed by atoms with van der Waals surface area (Å²) < 4.78 is 5.03. The molecule has 0 aliphatic rings. The lowest BCUT2D eigenvalue weighted by atomic mass is 10.1. The Labute approximate surface area is 102 Å². The molecular weight excluding hydrogens is 222 g/mol. The quantitative estimate of drug-likeness (QED) is 0.582. The number of benzene rings is 1. The maximum Gasteiger partial charge on any atom is 0.0885 e. The summed E-state index contributed by atoms with van der Waals surface area (Å²) in [5.41, 5.74) is 2.51. The Balaban J connectivity index is 2.24. The van der Waals surface area contributed by atoms with E-state index in [9.17, 15) is 0 Å². The first-order valence-corrected chi connectivity index (χ1v) is 5.80. The molecule has 1 rings (SSSR count). The Kier molecular flexibility index (Phi) is 5.98. The molecule has 0 spiro atoms. The van der Waals surface area contributed by atoms with Gasteiger partial charge in [-0.05, 0) is 43.1 Å². The molecule has 0 heterocycles. The van der Waals surface area contributed by atoms with E-state index in [1.807, 2.05) is 12.1 Å². The van der Waals surface area contributed by atoms with Crippen LogP contribution in [0.15, 0.2) is 31.0 Å². The van der Waals surface area contributed by atoms with Gasteiger partial charge in [-0.25, -0.2) is 0 Å². The van der Waals surface area contributed by atoms with Gasteiger partial charge in [0.1, 0.15) is 0 Å². The minimum absolute atomic E-state index is 0.718. The second kappa shape index (κ2) is 7.31. The van der Waals surface area contributed by atoms with Gasteiger partial charge in [0.05, 0.1) is 12.9 Å². The monoisotopic (exact) mass is 239 g/mol. The van der Waals surface area contributed by atoms with Crippen molar-refractivity contribution in [2.75, 3.05) is 13.2 Å². The standard InChI is InChI=1S/C13H18ClNO/c1-3-16-8-4-7-15-10-12-5-6-13(14)9-11(12)2/h3,5-6,9,15H,1,4,7-8,10H2,2H3. The van der Waals surface area contributed by atoms with Crippen LogP contribution in [-0.2, 0) is 11.3 Å². The number of ether oxygens (including phenoxy) is 1. The minimum Gasteiger partial charge on any atom is -0.502 e. The predicted molar refractivity (Wildman–Crippen MR) is 68.7 cm³/mol. The SMILES string of the molecule is C=COCCCNCc1ccc(Cl)cc1C. The Morgan fingerprint density at radius 1 is 1.50 bits per heavy atom. The Bertz CT molecular complexity index is 339. The third kappa shape index (κ3) is 4.69. The van der Waals surface area contributed by atoms with Crippen molar-refractivity contribution in [2.24, 2.45) is 0 Å². The van der Waals surface area contributed by atoms with Crippen molar-refractivity contribution in [1.82, 2.24) is 5.32 Å². The van der Waals surface area contributed by atoms with Gasteiger partial charge in [0.15, 0.2) is 0 Å². The molecule has 2 nitrogen and oxygen atoms in total. The summed E-state index contributed by atoms with van der Waals surface area (Å²) in [6.45, 7) is 8.09. The highest BCUT2D eigenvalue weighted by atomic mass is 35.5. The number of rotatable bonds is 7. The van der Waals surface area contributed by atoms with E-state index in [0.717, 1.165) is 31.1 Å². The van der Waals surface area contributed by atoms with E-state index >= 15 is 0 Å². The lowest BCUT2D eigenvalue weighted by Crippen LogP contribution is -2.16. The molecule has 0 aliphatic heterocycles. The van der Waals surface area contributed by atoms with Crippen LogP contribution in [0.25, 0.3) is 0 Å². The van der Waals surface area contributed by atoms with Crippen LogP contribution in [-0.4, -0.2) is 13.2 Å². The molecular formula is C13H18ClNO. The van der Waals surface area contributed by atoms with Gasteiger partial charge < -0.3 is 10.1 Å². The molecule has 0 aliphatic carbocycles. The Hall–Kier alpha value is -0.990. The van der Waals surface area contributed by atoms with E-state index in [-0.39, 0.29) is 0 Å². The van der Waals surface area contributed by atoms with Gasteiger partial charge in [0.25, 0.3) is 0 Å². The molecule has 88 valence electrons. The van der Waals surface area contributed by atoms with Crippen molar-refractivity contribution in [3.8, 4) is 0 Å². The molecule has 0 atom stereocenters. The molecule has 0 saturated carbocycles. The molecule has 0 radical (unpaired) electrons. The van der Waals surface area contributed by atoms with E-state index in [1.54, 1.807) is 0 Å². The first-order valence-electron chi connectivity index (χ1n) is 5.42. The van der Waals surface area contributed by atoms with E-state index in [0.29, 0.717) is 0 Å². The van der Waals surface area contributed by atoms with E-state index in [1.165, 1.54) is 17.4 Å². The summed E-state index contributed by atoms with van der Waals surface area (Å²) >= 11 is 5.89. The van der Waals surface area contributed by atoms with Gasteiger partial charge in [-0.3, -0.25) is 0 Å². The molecule has 0 fully saturated rings. The molecule has 0 bridgehead atoms. The third-order valence-electron chi connectivity index (χ3n) is 2.35. The Morgan fingerprint density at radius 3 is 3.00 bits per heavy atom. The molecule has 0 amide bonds. The first kappa shape index (κ1) is 13.1. The highest BCUT2D eigenvalue weighted by Gasteiger charge is 1.98. The van der Waals surface area contributed by atoms with Crippen molar-refractivity contribution >= 4 is 11.6 Å². The van der Waals surface area contributed by atoms with Crippen LogP contribution >= 0.6 is 11.6 Å². The van der Waals surface area contributed by atoms with Crippen LogP contribution in [0.5, 0.6) is 0 Å². The number of hydrogen-bond acceptors (Lipinski definition) is 2. The fraction of sp³-hybridized carbons (Fsp3) is 0.385. The molecule has 0 unspecified atom stereocenters. The minimum atomic E-state index is 0.718. The van der Waals surface area contributed by atoms with Crippen LogP contribution < -0.4 is 5.32 Å². The zero-order valence-electron chi connectivity index (χ0n) is 9.63. The lowest BCUT2D eigenvalue weighted by molar-refractivity contribution is 0.244. The average molecular weight is 240 g/mol. The number of hydrogen-bond donors (Lipinski definition) is 1. The van der Waals surface area contributed by atoms with Gasteiger partial charge in [0, 0.05) is 11.6 Å². The van der Waals surface area contributed by atoms with Crippen LogP contribution in [0.4, 0.5) is 0 Å². The summed E-state index contributed by atoms with van der Waals surface area (Å²) in [6, 6.07) is 5.97. The molecule has 3 heteroatoms. The van der Waals surface area contributed by atoms with Crippen molar-refractivity contribution in [3.05, 3.63) is 47.2 Å². The van der Waals surface area contributed by atoms with Crippen molar-refractivity contribution in [3.63, 3.8) is 0 Å². The largest absolute Gasteiger partial charge is 0.502 e. The summed E-state index contributed by atoms with van der Waals surface area (Å²) in [7, 11) is 0. The van der Waals surface area contributed by atoms with E-state index in [4.69, 9.17) is 16.3 Å². The number of nitrogens with one attached hydrogen (secondary N) is 1. The second-order valence-electron chi connectivity index (χ2n) is 3.64. The van der Waals surface area contributed by atoms with Crippen molar-refractivity contribution in [1.29, 1.82) is 0 Å². The predicted octanol–water partition coefficient (Wildman–Crippen LogP) is 3.29. The normalized spacial score (nSPS) is 10.1. The molecule has 1 aromatic carbocycles. The summed E-state index contributed by atoms with van der Waals surface area (Å²) in [5.74, 6) is 0. The first-order chi connectivity index (χ1) is 7.74. The summed E-state index contributed by atoms with van der Waals surface area (Å²) in [5, 5.41) is 4.16. The summed E-state index contributed by atoms with van der Waals surface area (Å²) in [4.78, 5) is 0. The van der Waals surface area contributed by atoms with Gasteiger partial charge in [0.2, 0.25) is 0 Å². The molecule has 16 heavy (non-hydrogen) atoms. The van der Waals surface area contributed by atoms with Crippen LogP contribution in [0.2, 0.25) is 5.02 Å². The van der Waals surface area contributed by atoms with E-state index in [2.05, 4.69) is 24.9 Å². The zero-order valence-corrected chi connectivity index (χ0v) is 10.4. The number of aryl methyl sites for hydroxylation is 1. The summed E-state index contributed by atoms with van der Waals surface area (Å²) in [6.07, 6.45) is 2.46. The van der Waals surface area contributed by atoms with Gasteiger partial charge >= 0.3 is 0 Å². The second-order valence-corrected chi connectivity index (χ2v) is 4.08. The smallest absolute Gasteiger partial charge is 0.0885 e. The van der Waals surface area contributed by atoms with Gasteiger partial charge in [-0.2, -0.15) is 0 Å². The number of halogens is 1. The highest BCUT2D eigenvalue weighted by Crippen LogP contribution is 2.14. The van der Waals surface area contributed by atoms with Crippen molar-refractivity contribution in [2.45, 2.75) is 19.9 Å². The zero-order chi connectivity index (χ0) is 11.8. The van der Waals surface area contributed by atoms with Crippen LogP contribution in [0.3, 0.4) is 0 Å². The maximum absolute atomic E-state index is 5.89. The molecule has 1 N–H and O–H groups in total. The molecule has 1 aromatic rings.